The van der Waals surface area contributed by atoms with E-state index in [1.54, 1.807) is 6.92 Å². The molecule has 3 nitrogen and oxygen atoms in total. The van der Waals surface area contributed by atoms with Crippen molar-refractivity contribution in [1.82, 2.24) is 4.98 Å². The molecule has 2 aromatic rings. The van der Waals surface area contributed by atoms with Gasteiger partial charge in [0.15, 0.2) is 0 Å². The smallest absolute Gasteiger partial charge is 0.306 e. The van der Waals surface area contributed by atoms with Crippen molar-refractivity contribution in [3.63, 3.8) is 0 Å². The average molecular weight is 294 g/mol. The number of hydrogen-bond donors (Lipinski definition) is 1. The Hall–Kier alpha value is -1.42. The molecule has 0 aliphatic carbocycles. The summed E-state index contributed by atoms with van der Waals surface area (Å²) in [5, 5.41) is 9.94. The van der Waals surface area contributed by atoms with Gasteiger partial charge in [-0.1, -0.05) is 25.1 Å². The van der Waals surface area contributed by atoms with Crippen molar-refractivity contribution in [2.75, 3.05) is 0 Å². The molecule has 0 radical (unpaired) electrons. The Bertz CT molecular complexity index is 568. The van der Waals surface area contributed by atoms with Gasteiger partial charge in [-0.15, -0.1) is 0 Å². The van der Waals surface area contributed by atoms with Gasteiger partial charge in [-0.05, 0) is 40.0 Å². The Labute approximate surface area is 108 Å². The van der Waals surface area contributed by atoms with Gasteiger partial charge in [-0.25, -0.2) is 4.98 Å². The van der Waals surface area contributed by atoms with E-state index in [0.29, 0.717) is 6.42 Å². The van der Waals surface area contributed by atoms with Crippen molar-refractivity contribution < 1.29 is 9.90 Å². The molecule has 0 bridgehead atoms. The maximum absolute atomic E-state index is 10.8. The maximum atomic E-state index is 10.8. The zero-order valence-electron chi connectivity index (χ0n) is 9.35. The molecule has 1 aromatic carbocycles. The molecule has 0 aliphatic rings. The number of fused-ring (bicyclic) bond motifs is 1. The molecular weight excluding hydrogens is 282 g/mol. The molecule has 1 unspecified atom stereocenters. The van der Waals surface area contributed by atoms with Gasteiger partial charge < -0.3 is 5.11 Å². The molecule has 0 aliphatic heterocycles. The molecule has 0 amide bonds. The molecule has 0 fully saturated rings. The van der Waals surface area contributed by atoms with Crippen LogP contribution in [-0.4, -0.2) is 16.1 Å². The van der Waals surface area contributed by atoms with Crippen LogP contribution >= 0.6 is 15.9 Å². The zero-order chi connectivity index (χ0) is 12.4. The number of rotatable bonds is 3. The molecule has 1 N–H and O–H groups in total. The molecule has 17 heavy (non-hydrogen) atoms. The Morgan fingerprint density at radius 2 is 2.18 bits per heavy atom. The summed E-state index contributed by atoms with van der Waals surface area (Å²) in [5.41, 5.74) is 1.84. The lowest BCUT2D eigenvalue weighted by Gasteiger charge is -2.09. The van der Waals surface area contributed by atoms with Crippen LogP contribution in [0.5, 0.6) is 0 Å². The Kier molecular flexibility index (Phi) is 3.43. The molecule has 0 saturated heterocycles. The largest absolute Gasteiger partial charge is 0.481 e. The van der Waals surface area contributed by atoms with Crippen LogP contribution in [0.15, 0.2) is 34.9 Å². The minimum Gasteiger partial charge on any atom is -0.481 e. The molecular formula is C13H12BrNO2. The summed E-state index contributed by atoms with van der Waals surface area (Å²) >= 11 is 3.39. The molecule has 1 heterocycles. The van der Waals surface area contributed by atoms with Crippen molar-refractivity contribution in [3.8, 4) is 0 Å². The highest BCUT2D eigenvalue weighted by Crippen LogP contribution is 2.23. The summed E-state index contributed by atoms with van der Waals surface area (Å²) in [4.78, 5) is 15.3. The molecule has 4 heteroatoms. The van der Waals surface area contributed by atoms with Crippen molar-refractivity contribution in [1.29, 1.82) is 0 Å². The number of pyridine rings is 1. The normalized spacial score (nSPS) is 12.6. The third-order valence-electron chi connectivity index (χ3n) is 2.70. The second-order valence-electron chi connectivity index (χ2n) is 4.07. The van der Waals surface area contributed by atoms with Crippen LogP contribution in [0.3, 0.4) is 0 Å². The van der Waals surface area contributed by atoms with Gasteiger partial charge in [0.1, 0.15) is 4.60 Å². The zero-order valence-corrected chi connectivity index (χ0v) is 10.9. The van der Waals surface area contributed by atoms with Gasteiger partial charge in [0, 0.05) is 5.39 Å². The van der Waals surface area contributed by atoms with Gasteiger partial charge in [-0.3, -0.25) is 4.79 Å². The van der Waals surface area contributed by atoms with Crippen molar-refractivity contribution in [2.45, 2.75) is 13.3 Å². The number of carbonyl (C=O) groups is 1. The van der Waals surface area contributed by atoms with Crippen molar-refractivity contribution in [3.05, 3.63) is 40.5 Å². The van der Waals surface area contributed by atoms with Crippen molar-refractivity contribution >= 4 is 32.8 Å². The van der Waals surface area contributed by atoms with Gasteiger partial charge in [0.25, 0.3) is 0 Å². The number of carboxylic acids is 1. The fourth-order valence-corrected chi connectivity index (χ4v) is 2.16. The molecule has 1 aromatic heterocycles. The number of para-hydroxylation sites is 1. The van der Waals surface area contributed by atoms with E-state index in [-0.39, 0.29) is 0 Å². The standard InChI is InChI=1S/C13H12BrNO2/c1-8(13(16)17)6-10-7-9-4-2-3-5-11(9)15-12(10)14/h2-5,7-8H,6H2,1H3,(H,16,17). The lowest BCUT2D eigenvalue weighted by molar-refractivity contribution is -0.141. The highest BCUT2D eigenvalue weighted by Gasteiger charge is 2.14. The molecule has 2 rings (SSSR count). The number of hydrogen-bond acceptors (Lipinski definition) is 2. The van der Waals surface area contributed by atoms with E-state index in [9.17, 15) is 4.79 Å². The van der Waals surface area contributed by atoms with Crippen LogP contribution in [0.4, 0.5) is 0 Å². The first kappa shape index (κ1) is 12.0. The fourth-order valence-electron chi connectivity index (χ4n) is 1.70. The molecule has 0 saturated carbocycles. The minimum absolute atomic E-state index is 0.408. The maximum Gasteiger partial charge on any atom is 0.306 e. The van der Waals surface area contributed by atoms with Crippen molar-refractivity contribution in [2.24, 2.45) is 5.92 Å². The van der Waals surface area contributed by atoms with Crippen LogP contribution in [0.1, 0.15) is 12.5 Å². The number of aliphatic carboxylic acids is 1. The van der Waals surface area contributed by atoms with E-state index < -0.39 is 11.9 Å². The van der Waals surface area contributed by atoms with Crippen LogP contribution in [0.2, 0.25) is 0 Å². The SMILES string of the molecule is CC(Cc1cc2ccccc2nc1Br)C(=O)O. The highest BCUT2D eigenvalue weighted by molar-refractivity contribution is 9.10. The quantitative estimate of drug-likeness (QED) is 0.884. The van der Waals surface area contributed by atoms with Crippen LogP contribution in [0.25, 0.3) is 10.9 Å². The lowest BCUT2D eigenvalue weighted by atomic mass is 10.0. The number of aromatic nitrogens is 1. The predicted molar refractivity (Wildman–Crippen MR) is 69.9 cm³/mol. The van der Waals surface area contributed by atoms with E-state index in [2.05, 4.69) is 20.9 Å². The summed E-state index contributed by atoms with van der Waals surface area (Å²) < 4.78 is 0.726. The first-order valence-electron chi connectivity index (χ1n) is 5.35. The van der Waals surface area contributed by atoms with Gasteiger partial charge in [0.2, 0.25) is 0 Å². The average Bonchev–Trinajstić information content (AvgIpc) is 2.29. The van der Waals surface area contributed by atoms with Gasteiger partial charge in [-0.2, -0.15) is 0 Å². The first-order chi connectivity index (χ1) is 8.08. The topological polar surface area (TPSA) is 50.2 Å². The van der Waals surface area contributed by atoms with Gasteiger partial charge >= 0.3 is 5.97 Å². The second-order valence-corrected chi connectivity index (χ2v) is 4.83. The number of halogens is 1. The number of carboxylic acid groups (broad SMARTS) is 1. The molecule has 1 atom stereocenters. The van der Waals surface area contributed by atoms with E-state index in [4.69, 9.17) is 5.11 Å². The predicted octanol–water partition coefficient (Wildman–Crippen LogP) is 3.26. The summed E-state index contributed by atoms with van der Waals surface area (Å²) in [6.45, 7) is 1.70. The van der Waals surface area contributed by atoms with E-state index in [0.717, 1.165) is 21.1 Å². The summed E-state index contributed by atoms with van der Waals surface area (Å²) in [5.74, 6) is -1.20. The summed E-state index contributed by atoms with van der Waals surface area (Å²) in [6.07, 6.45) is 0.480. The van der Waals surface area contributed by atoms with Crippen LogP contribution < -0.4 is 0 Å². The third kappa shape index (κ3) is 2.64. The Morgan fingerprint density at radius 1 is 1.47 bits per heavy atom. The van der Waals surface area contributed by atoms with E-state index in [1.807, 2.05) is 30.3 Å². The van der Waals surface area contributed by atoms with Crippen LogP contribution in [-0.2, 0) is 11.2 Å². The minimum atomic E-state index is -0.787. The Morgan fingerprint density at radius 3 is 2.88 bits per heavy atom. The molecule has 88 valence electrons. The summed E-state index contributed by atoms with van der Waals surface area (Å²) in [7, 11) is 0. The van der Waals surface area contributed by atoms with Crippen LogP contribution in [0, 0.1) is 5.92 Å². The Balaban J connectivity index is 2.40. The fraction of sp³-hybridized carbons (Fsp3) is 0.231. The summed E-state index contributed by atoms with van der Waals surface area (Å²) in [6, 6.07) is 9.78. The first-order valence-corrected chi connectivity index (χ1v) is 6.14. The number of nitrogens with zero attached hydrogens (tertiary/aromatic N) is 1. The lowest BCUT2D eigenvalue weighted by Crippen LogP contribution is -2.12. The third-order valence-corrected chi connectivity index (χ3v) is 3.38. The monoisotopic (exact) mass is 293 g/mol. The highest BCUT2D eigenvalue weighted by atomic mass is 79.9. The van der Waals surface area contributed by atoms with E-state index in [1.165, 1.54) is 0 Å². The molecule has 0 spiro atoms. The van der Waals surface area contributed by atoms with E-state index >= 15 is 0 Å². The second kappa shape index (κ2) is 4.84. The number of benzene rings is 1. The van der Waals surface area contributed by atoms with Gasteiger partial charge in [0.05, 0.1) is 11.4 Å².